The fourth-order valence-electron chi connectivity index (χ4n) is 1.26. The molecule has 0 unspecified atom stereocenters. The topological polar surface area (TPSA) is 797 Å². The Hall–Kier alpha value is 7.48. The Kier molecular flexibility index (Phi) is 285. The van der Waals surface area contributed by atoms with E-state index in [0.717, 1.165) is 36.1 Å². The zero-order valence-electron chi connectivity index (χ0n) is 38.9. The van der Waals surface area contributed by atoms with Crippen LogP contribution in [0.3, 0.4) is 0 Å². The Morgan fingerprint density at radius 2 is 0.812 bits per heavy atom. The van der Waals surface area contributed by atoms with Crippen molar-refractivity contribution >= 4 is 382 Å². The minimum absolute atomic E-state index is 0. The summed E-state index contributed by atoms with van der Waals surface area (Å²) in [6.45, 7) is 0. The van der Waals surface area contributed by atoms with Gasteiger partial charge >= 0.3 is 516 Å². The molecule has 0 aliphatic carbocycles. The number of nitrogens with zero attached hydrogens (tertiary/aromatic N) is 8. The molecule has 2 aliphatic heterocycles. The van der Waals surface area contributed by atoms with E-state index in [1.165, 1.54) is 34.5 Å². The van der Waals surface area contributed by atoms with Crippen molar-refractivity contribution in [3.63, 3.8) is 0 Å². The second kappa shape index (κ2) is 160. The number of hydrogen-bond donors (Lipinski definition) is 5. The SMILES string of the molecule is C.C#C.C1C[S][Bi]([S]CC[S][Bi]2[S]CC[S]2)[S]1.O.O.O.O.O.O.O.O.O=N/N=N/[N]=[Bi].O=[N+]([O-])[O][Bi][O][N+](=O)[O-].O=[N+]([O-])[O][Bi][O][N+](=O)[O-].OOOOOOOOO[O][Bi][O]OOOOOOOO.S=S.SCCS.[BiH2].[Bi].[Bi].[HH].[HH].[O]=[BiH].[O]=[Bi].[O]=[Bi][OH]. The second-order valence-corrected chi connectivity index (χ2v) is 70.6. The predicted octanol–water partition coefficient (Wildman–Crippen LogP) is -8.26. The fourth-order valence-corrected chi connectivity index (χ4v) is 72.7. The number of terminal acetylenes is 1. The molecule has 0 spiro atoms. The third-order valence-corrected chi connectivity index (χ3v) is 72.9. The van der Waals surface area contributed by atoms with Crippen LogP contribution in [0.4, 0.5) is 0 Å². The van der Waals surface area contributed by atoms with Gasteiger partial charge in [-0.2, -0.15) is 25.3 Å². The van der Waals surface area contributed by atoms with E-state index in [4.69, 9.17) is 27.0 Å². The average Bonchev–Trinajstić information content (AvgIpc) is 4.13. The second-order valence-electron chi connectivity index (χ2n) is 5.95. The number of rotatable bonds is 33. The Morgan fingerprint density at radius 3 is 0.988 bits per heavy atom. The van der Waals surface area contributed by atoms with Gasteiger partial charge in [-0.1, -0.05) is 7.43 Å². The van der Waals surface area contributed by atoms with Crippen molar-refractivity contribution in [3.05, 3.63) is 45.4 Å². The van der Waals surface area contributed by atoms with Crippen molar-refractivity contribution in [2.24, 2.45) is 18.7 Å². The molecule has 0 aromatic heterocycles. The Labute approximate surface area is 681 Å². The number of thiol groups is 2. The molecule has 19 N–H and O–H groups in total. The molecule has 0 aromatic carbocycles. The summed E-state index contributed by atoms with van der Waals surface area (Å²) in [5.41, 5.74) is 0. The van der Waals surface area contributed by atoms with Gasteiger partial charge in [0.2, 0.25) is 0 Å². The number of nitroso groups, excluding NO2 is 1. The first kappa shape index (κ1) is 151. The van der Waals surface area contributed by atoms with Crippen LogP contribution < -0.4 is 0 Å². The van der Waals surface area contributed by atoms with Crippen molar-refractivity contribution in [3.8, 4) is 12.8 Å². The van der Waals surface area contributed by atoms with E-state index in [-0.39, 0.29) is 182 Å². The summed E-state index contributed by atoms with van der Waals surface area (Å²) in [4.78, 5) is 46.2. The van der Waals surface area contributed by atoms with Crippen LogP contribution >= 0.6 is 76.4 Å². The van der Waals surface area contributed by atoms with Crippen LogP contribution in [0.5, 0.6) is 0 Å². The summed E-state index contributed by atoms with van der Waals surface area (Å²) in [5.74, 6) is 10.6. The van der Waals surface area contributed by atoms with Gasteiger partial charge in [-0.05, 0) is 11.5 Å². The van der Waals surface area contributed by atoms with Crippen LogP contribution in [0.25, 0.3) is 0 Å². The molecular formula is C11H50Bi12N8O44S10. The molecule has 0 atom stereocenters. The van der Waals surface area contributed by atoms with Gasteiger partial charge in [0.1, 0.15) is 0 Å². The van der Waals surface area contributed by atoms with Crippen molar-refractivity contribution in [2.45, 2.75) is 7.43 Å². The summed E-state index contributed by atoms with van der Waals surface area (Å²) in [6.07, 6.45) is 8.00. The maximum absolute atomic E-state index is 9.31. The average molecular weight is 3830 g/mol. The van der Waals surface area contributed by atoms with Crippen molar-refractivity contribution in [1.82, 2.24) is 0 Å². The standard InChI is InChI=1S/4C2H6S2.C2H2.CH4.12Bi.N4O.4NO3.H2O10.H2O9.9H2O.3O.S2.2H2.3H/c4*3-1-2-4;1-2;;;;;;;;;;;;;;1-2-3-4-5;4*2-1(3)4;1-3-5-7-9-10-8-6-4-2;1-3-5-7-9-8-6-4-2;;;;;;;;;;;;;1-2;;;;;/h4*3-4H,1-2H2;1-2H;1H4;;;;;;;;;;;;;;;;;;1-2H;1-2H;9*1H2;;;;;2*1H;;;/q;;;;;;;;;;;;+1;3*+2;2*+3;;4*-1;;;;;;;;;;;;;;;;;;;;/p-9/b;;;;;;;;;;;;;;;;;;3-2+;;;;;;;;;;;;;;;;;;;;;;;;. The molecule has 12 radical (unpaired) electrons. The molecule has 2 rings (SSSR count). The van der Waals surface area contributed by atoms with Gasteiger partial charge in [0.25, 0.3) is 0 Å². The van der Waals surface area contributed by atoms with Crippen molar-refractivity contribution in [1.29, 1.82) is 0 Å². The van der Waals surface area contributed by atoms with E-state index in [1.807, 2.05) is 0 Å². The summed E-state index contributed by atoms with van der Waals surface area (Å²) >= 11 is 4.83. The van der Waals surface area contributed by atoms with E-state index in [9.17, 15) is 40.5 Å². The minimum atomic E-state index is -2.41. The molecule has 0 aromatic rings. The summed E-state index contributed by atoms with van der Waals surface area (Å²) < 4.78 is 58.4. The summed E-state index contributed by atoms with van der Waals surface area (Å²) in [7, 11) is 14.2. The summed E-state index contributed by atoms with van der Waals surface area (Å²) in [5, 5.41) is 107. The number of hydrogen-bond acceptors (Lipinski definition) is 46. The van der Waals surface area contributed by atoms with Crippen LogP contribution in [0.2, 0.25) is 0 Å². The third-order valence-electron chi connectivity index (χ3n) is 2.53. The van der Waals surface area contributed by atoms with E-state index >= 15 is 0 Å². The molecule has 2 fully saturated rings. The third kappa shape index (κ3) is 194. The molecule has 518 valence electrons. The van der Waals surface area contributed by atoms with Crippen LogP contribution in [0.1, 0.15) is 10.3 Å². The van der Waals surface area contributed by atoms with E-state index in [2.05, 4.69) is 223 Å². The normalized spacial score (nSPS) is 9.68. The van der Waals surface area contributed by atoms with Crippen LogP contribution in [-0.4, -0.2) is 407 Å². The Morgan fingerprint density at radius 1 is 0.588 bits per heavy atom. The van der Waals surface area contributed by atoms with Crippen LogP contribution in [0, 0.1) is 58.2 Å². The molecule has 2 aliphatic rings. The van der Waals surface area contributed by atoms with Gasteiger partial charge in [0, 0.05) is 77.6 Å². The molecule has 85 heavy (non-hydrogen) atoms. The van der Waals surface area contributed by atoms with Gasteiger partial charge in [-0.15, -0.1) is 12.8 Å². The zero-order chi connectivity index (χ0) is 57.9. The van der Waals surface area contributed by atoms with Gasteiger partial charge in [-0.25, -0.2) is 0 Å². The summed E-state index contributed by atoms with van der Waals surface area (Å²) in [6, 6.07) is 0. The van der Waals surface area contributed by atoms with E-state index in [1.54, 1.807) is 0 Å². The van der Waals surface area contributed by atoms with Gasteiger partial charge < -0.3 is 43.8 Å². The van der Waals surface area contributed by atoms with Crippen molar-refractivity contribution in [2.75, 3.05) is 46.0 Å². The Bertz CT molecular complexity index is 1160. The molecule has 0 bridgehead atoms. The van der Waals surface area contributed by atoms with Crippen LogP contribution in [-0.2, 0) is 124 Å². The molecule has 2 heterocycles. The molecule has 74 heteroatoms. The van der Waals surface area contributed by atoms with Crippen LogP contribution in [0.15, 0.2) is 18.7 Å². The van der Waals surface area contributed by atoms with Crippen molar-refractivity contribution < 1.29 is 182 Å². The van der Waals surface area contributed by atoms with Gasteiger partial charge in [0.15, 0.2) is 0 Å². The monoisotopic (exact) mass is 3830 g/mol. The first-order chi connectivity index (χ1) is 35.4. The molecule has 0 saturated carbocycles. The first-order valence-corrected chi connectivity index (χ1v) is 63.7. The molecule has 0 amide bonds. The maximum atomic E-state index is 9.31. The quantitative estimate of drug-likeness (QED) is 0.00469. The van der Waals surface area contributed by atoms with E-state index in [0.29, 0.717) is 0 Å². The molecule has 2 saturated heterocycles. The Balaban J connectivity index is -0.0000000263. The fraction of sp³-hybridized carbons (Fsp3) is 0.818. The predicted molar refractivity (Wildman–Crippen MR) is 314 cm³/mol. The molecular weight excluding hydrogens is 3780 g/mol. The molecule has 52 nitrogen and oxygen atoms in total. The zero-order valence-corrected chi connectivity index (χ0v) is 90.4. The van der Waals surface area contributed by atoms with Gasteiger partial charge in [0.05, 0.1) is 0 Å². The first-order valence-electron chi connectivity index (χ1n) is 13.9. The van der Waals surface area contributed by atoms with Gasteiger partial charge in [-0.3, -0.25) is 0 Å². The van der Waals surface area contributed by atoms with E-state index < -0.39 is 151 Å².